The first-order chi connectivity index (χ1) is 8.50. The molecular formula is C12H18N2O3S. The van der Waals surface area contributed by atoms with Gasteiger partial charge in [-0.15, -0.1) is 11.3 Å². The molecule has 0 spiro atoms. The van der Waals surface area contributed by atoms with Crippen LogP contribution >= 0.6 is 11.3 Å². The van der Waals surface area contributed by atoms with Gasteiger partial charge in [0.1, 0.15) is 4.88 Å². The Hall–Kier alpha value is -0.980. The lowest BCUT2D eigenvalue weighted by atomic mass is 9.94. The number of aliphatic hydroxyl groups is 1. The normalized spacial score (nSPS) is 18.6. The minimum absolute atomic E-state index is 0.0829. The molecule has 0 radical (unpaired) electrons. The van der Waals surface area contributed by atoms with E-state index in [2.05, 4.69) is 4.98 Å². The fourth-order valence-electron chi connectivity index (χ4n) is 2.07. The summed E-state index contributed by atoms with van der Waals surface area (Å²) in [5.41, 5.74) is -0.817. The zero-order chi connectivity index (χ0) is 13.2. The average Bonchev–Trinajstić information content (AvgIpc) is 2.75. The van der Waals surface area contributed by atoms with Crippen LogP contribution in [0, 0.1) is 6.92 Å². The quantitative estimate of drug-likeness (QED) is 0.892. The van der Waals surface area contributed by atoms with E-state index in [9.17, 15) is 9.90 Å². The van der Waals surface area contributed by atoms with Crippen LogP contribution in [0.2, 0.25) is 0 Å². The number of likely N-dealkylation sites (N-methyl/N-ethyl adjacent to an activating group) is 1. The number of nitrogens with zero attached hydrogens (tertiary/aromatic N) is 2. The molecule has 1 aliphatic rings. The zero-order valence-electron chi connectivity index (χ0n) is 10.7. The summed E-state index contributed by atoms with van der Waals surface area (Å²) in [4.78, 5) is 18.4. The number of ether oxygens (including phenoxy) is 1. The fraction of sp³-hybridized carbons (Fsp3) is 0.667. The molecule has 0 unspecified atom stereocenters. The first-order valence-electron chi connectivity index (χ1n) is 5.98. The molecule has 1 N–H and O–H groups in total. The van der Waals surface area contributed by atoms with Gasteiger partial charge in [0.15, 0.2) is 0 Å². The molecule has 0 bridgehead atoms. The van der Waals surface area contributed by atoms with Gasteiger partial charge in [0.2, 0.25) is 0 Å². The van der Waals surface area contributed by atoms with Crippen LogP contribution in [-0.4, -0.2) is 53.3 Å². The van der Waals surface area contributed by atoms with Gasteiger partial charge >= 0.3 is 0 Å². The molecule has 2 heterocycles. The molecule has 0 aromatic carbocycles. The van der Waals surface area contributed by atoms with E-state index in [0.717, 1.165) is 5.01 Å². The van der Waals surface area contributed by atoms with Crippen molar-refractivity contribution < 1.29 is 14.6 Å². The molecule has 1 saturated heterocycles. The molecule has 1 fully saturated rings. The first kappa shape index (κ1) is 13.5. The Morgan fingerprint density at radius 2 is 2.28 bits per heavy atom. The Kier molecular flexibility index (Phi) is 3.99. The second-order valence-corrected chi connectivity index (χ2v) is 5.98. The maximum absolute atomic E-state index is 12.1. The van der Waals surface area contributed by atoms with Crippen molar-refractivity contribution >= 4 is 17.2 Å². The Morgan fingerprint density at radius 3 is 2.83 bits per heavy atom. The molecule has 6 heteroatoms. The summed E-state index contributed by atoms with van der Waals surface area (Å²) in [5, 5.41) is 11.2. The predicted octanol–water partition coefficient (Wildman–Crippen LogP) is 1.07. The standard InChI is InChI=1S/C12H18N2O3S/c1-9-13-7-10(18-9)11(15)14(2)8-12(16)3-5-17-6-4-12/h7,16H,3-6,8H2,1-2H3. The van der Waals surface area contributed by atoms with Crippen molar-refractivity contribution in [1.29, 1.82) is 0 Å². The Morgan fingerprint density at radius 1 is 1.61 bits per heavy atom. The Bertz CT molecular complexity index is 427. The van der Waals surface area contributed by atoms with Crippen molar-refractivity contribution in [2.45, 2.75) is 25.4 Å². The van der Waals surface area contributed by atoms with E-state index in [1.54, 1.807) is 18.1 Å². The molecule has 18 heavy (non-hydrogen) atoms. The van der Waals surface area contributed by atoms with Crippen molar-refractivity contribution in [2.24, 2.45) is 0 Å². The molecule has 5 nitrogen and oxygen atoms in total. The van der Waals surface area contributed by atoms with Crippen molar-refractivity contribution in [3.63, 3.8) is 0 Å². The van der Waals surface area contributed by atoms with E-state index < -0.39 is 5.60 Å². The molecule has 2 rings (SSSR count). The predicted molar refractivity (Wildman–Crippen MR) is 68.8 cm³/mol. The third-order valence-electron chi connectivity index (χ3n) is 3.13. The fourth-order valence-corrected chi connectivity index (χ4v) is 2.84. The number of rotatable bonds is 3. The lowest BCUT2D eigenvalue weighted by Crippen LogP contribution is -2.47. The molecule has 0 atom stereocenters. The van der Waals surface area contributed by atoms with Crippen LogP contribution in [-0.2, 0) is 4.74 Å². The van der Waals surface area contributed by atoms with Gasteiger partial charge in [-0.05, 0) is 6.92 Å². The minimum Gasteiger partial charge on any atom is -0.388 e. The minimum atomic E-state index is -0.817. The van der Waals surface area contributed by atoms with Crippen LogP contribution in [0.4, 0.5) is 0 Å². The summed E-state index contributed by atoms with van der Waals surface area (Å²) in [6, 6.07) is 0. The second kappa shape index (κ2) is 5.34. The van der Waals surface area contributed by atoms with Crippen LogP contribution in [0.15, 0.2) is 6.20 Å². The molecule has 0 aliphatic carbocycles. The molecule has 0 saturated carbocycles. The number of hydrogen-bond donors (Lipinski definition) is 1. The number of amides is 1. The van der Waals surface area contributed by atoms with Gasteiger partial charge in [0.25, 0.3) is 5.91 Å². The highest BCUT2D eigenvalue weighted by Crippen LogP contribution is 2.22. The molecule has 1 amide bonds. The number of hydrogen-bond acceptors (Lipinski definition) is 5. The van der Waals surface area contributed by atoms with Gasteiger partial charge in [0.05, 0.1) is 16.8 Å². The number of aromatic nitrogens is 1. The highest BCUT2D eigenvalue weighted by atomic mass is 32.1. The molecule has 100 valence electrons. The van der Waals surface area contributed by atoms with E-state index >= 15 is 0 Å². The Balaban J connectivity index is 1.98. The summed E-state index contributed by atoms with van der Waals surface area (Å²) in [5.74, 6) is -0.0829. The smallest absolute Gasteiger partial charge is 0.265 e. The zero-order valence-corrected chi connectivity index (χ0v) is 11.5. The topological polar surface area (TPSA) is 62.7 Å². The average molecular weight is 270 g/mol. The largest absolute Gasteiger partial charge is 0.388 e. The van der Waals surface area contributed by atoms with E-state index in [0.29, 0.717) is 37.5 Å². The summed E-state index contributed by atoms with van der Waals surface area (Å²) < 4.78 is 5.22. The van der Waals surface area contributed by atoms with Gasteiger partial charge < -0.3 is 14.7 Å². The number of carbonyl (C=O) groups is 1. The van der Waals surface area contributed by atoms with Crippen molar-refractivity contribution in [3.05, 3.63) is 16.1 Å². The monoisotopic (exact) mass is 270 g/mol. The summed E-state index contributed by atoms with van der Waals surface area (Å²) in [6.45, 7) is 3.32. The van der Waals surface area contributed by atoms with E-state index in [4.69, 9.17) is 4.74 Å². The van der Waals surface area contributed by atoms with Crippen molar-refractivity contribution in [2.75, 3.05) is 26.8 Å². The van der Waals surface area contributed by atoms with Crippen LogP contribution in [0.5, 0.6) is 0 Å². The van der Waals surface area contributed by atoms with Gasteiger partial charge in [0, 0.05) is 39.6 Å². The molecule has 1 aliphatic heterocycles. The van der Waals surface area contributed by atoms with Gasteiger partial charge in [-0.3, -0.25) is 4.79 Å². The number of thiazole rings is 1. The summed E-state index contributed by atoms with van der Waals surface area (Å²) in [6.07, 6.45) is 2.74. The molecule has 1 aromatic rings. The summed E-state index contributed by atoms with van der Waals surface area (Å²) >= 11 is 1.38. The van der Waals surface area contributed by atoms with Crippen LogP contribution < -0.4 is 0 Å². The van der Waals surface area contributed by atoms with Gasteiger partial charge in [-0.25, -0.2) is 4.98 Å². The van der Waals surface area contributed by atoms with E-state index in [1.165, 1.54) is 11.3 Å². The highest BCUT2D eigenvalue weighted by molar-refractivity contribution is 7.13. The third kappa shape index (κ3) is 3.07. The summed E-state index contributed by atoms with van der Waals surface area (Å²) in [7, 11) is 1.71. The lowest BCUT2D eigenvalue weighted by molar-refractivity contribution is -0.0733. The lowest BCUT2D eigenvalue weighted by Gasteiger charge is -2.35. The third-order valence-corrected chi connectivity index (χ3v) is 4.03. The van der Waals surface area contributed by atoms with Crippen LogP contribution in [0.25, 0.3) is 0 Å². The molecular weight excluding hydrogens is 252 g/mol. The molecule has 1 aromatic heterocycles. The second-order valence-electron chi connectivity index (χ2n) is 4.74. The maximum atomic E-state index is 12.1. The van der Waals surface area contributed by atoms with Gasteiger partial charge in [-0.1, -0.05) is 0 Å². The van der Waals surface area contributed by atoms with Crippen molar-refractivity contribution in [3.8, 4) is 0 Å². The SMILES string of the molecule is Cc1ncc(C(=O)N(C)CC2(O)CCOCC2)s1. The number of aryl methyl sites for hydroxylation is 1. The maximum Gasteiger partial charge on any atom is 0.265 e. The Labute approximate surface area is 110 Å². The number of carbonyl (C=O) groups excluding carboxylic acids is 1. The van der Waals surface area contributed by atoms with Crippen LogP contribution in [0.1, 0.15) is 27.5 Å². The van der Waals surface area contributed by atoms with E-state index in [-0.39, 0.29) is 5.91 Å². The van der Waals surface area contributed by atoms with E-state index in [1.807, 2.05) is 6.92 Å². The first-order valence-corrected chi connectivity index (χ1v) is 6.80. The van der Waals surface area contributed by atoms with Crippen LogP contribution in [0.3, 0.4) is 0 Å². The highest BCUT2D eigenvalue weighted by Gasteiger charge is 2.32. The van der Waals surface area contributed by atoms with Gasteiger partial charge in [-0.2, -0.15) is 0 Å². The van der Waals surface area contributed by atoms with Crippen molar-refractivity contribution in [1.82, 2.24) is 9.88 Å².